The summed E-state index contributed by atoms with van der Waals surface area (Å²) in [5.74, 6) is 0. The first kappa shape index (κ1) is 31.6. The number of nitrogens with zero attached hydrogens (tertiary/aromatic N) is 1. The molecule has 0 aliphatic heterocycles. The van der Waals surface area contributed by atoms with Crippen LogP contribution in [0.2, 0.25) is 0 Å². The third-order valence-corrected chi connectivity index (χ3v) is 12.7. The molecule has 0 radical (unpaired) electrons. The number of hydrogen-bond acceptors (Lipinski definition) is 3. The van der Waals surface area contributed by atoms with Crippen LogP contribution in [0.3, 0.4) is 0 Å². The lowest BCUT2D eigenvalue weighted by Crippen LogP contribution is -2.25. The van der Waals surface area contributed by atoms with Crippen molar-refractivity contribution in [3.8, 4) is 33.4 Å². The molecule has 0 saturated heterocycles. The van der Waals surface area contributed by atoms with Gasteiger partial charge in [-0.2, -0.15) is 0 Å². The average molecular weight is 740 g/mol. The molecule has 3 heteroatoms. The van der Waals surface area contributed by atoms with Crippen LogP contribution in [-0.2, 0) is 5.41 Å². The Kier molecular flexibility index (Phi) is 6.37. The van der Waals surface area contributed by atoms with Gasteiger partial charge in [0.15, 0.2) is 5.58 Å². The van der Waals surface area contributed by atoms with E-state index in [1.54, 1.807) is 0 Å². The Bertz CT molecular complexity index is 3420. The number of fused-ring (bicyclic) bond motifs is 17. The molecule has 3 nitrogen and oxygen atoms in total. The molecule has 1 spiro atoms. The standard InChI is InChI=1S/C55H33NO2/c1-3-14-34(15-4-1)35-26-29-49-42(32-35)43-33-37(27-30-50(43)57-49)56(36-16-5-2-6-17-36)48-25-13-21-41-53-51(58-54(41)48)31-28-47-52(53)40-20-9-12-24-46(40)55(47)44-22-10-7-18-38(44)39-19-8-11-23-45(39)55/h1-33H. The Morgan fingerprint density at radius 3 is 1.71 bits per heavy atom. The highest BCUT2D eigenvalue weighted by Crippen LogP contribution is 2.64. The average Bonchev–Trinajstić information content (AvgIpc) is 4.02. The number of rotatable bonds is 4. The first-order chi connectivity index (χ1) is 28.8. The van der Waals surface area contributed by atoms with Gasteiger partial charge in [0, 0.05) is 32.9 Å². The third-order valence-electron chi connectivity index (χ3n) is 12.7. The molecule has 13 rings (SSSR count). The first-order valence-corrected chi connectivity index (χ1v) is 19.9. The zero-order chi connectivity index (χ0) is 38.0. The summed E-state index contributed by atoms with van der Waals surface area (Å²) in [5, 5.41) is 4.41. The Balaban J connectivity index is 1.06. The van der Waals surface area contributed by atoms with E-state index in [0.717, 1.165) is 66.5 Å². The molecule has 0 N–H and O–H groups in total. The molecular formula is C55H33NO2. The quantitative estimate of drug-likeness (QED) is 0.180. The summed E-state index contributed by atoms with van der Waals surface area (Å²) in [6, 6.07) is 72.2. The molecule has 2 aliphatic carbocycles. The van der Waals surface area contributed by atoms with Crippen LogP contribution in [0.15, 0.2) is 209 Å². The Hall–Kier alpha value is -7.62. The molecule has 11 aromatic rings. The summed E-state index contributed by atoms with van der Waals surface area (Å²) < 4.78 is 13.5. The van der Waals surface area contributed by atoms with Crippen molar-refractivity contribution in [2.75, 3.05) is 4.90 Å². The number of furan rings is 2. The van der Waals surface area contributed by atoms with Crippen LogP contribution in [0.5, 0.6) is 0 Å². The zero-order valence-corrected chi connectivity index (χ0v) is 31.3. The van der Waals surface area contributed by atoms with Crippen molar-refractivity contribution < 1.29 is 8.83 Å². The van der Waals surface area contributed by atoms with Crippen LogP contribution in [0, 0.1) is 0 Å². The van der Waals surface area contributed by atoms with Gasteiger partial charge < -0.3 is 13.7 Å². The molecule has 0 atom stereocenters. The predicted octanol–water partition coefficient (Wildman–Crippen LogP) is 15.0. The molecule has 0 unspecified atom stereocenters. The second-order valence-electron chi connectivity index (χ2n) is 15.5. The minimum Gasteiger partial charge on any atom is -0.456 e. The van der Waals surface area contributed by atoms with Crippen LogP contribution in [0.1, 0.15) is 22.3 Å². The smallest absolute Gasteiger partial charge is 0.159 e. The van der Waals surface area contributed by atoms with Crippen LogP contribution < -0.4 is 4.90 Å². The van der Waals surface area contributed by atoms with Gasteiger partial charge in [-0.15, -0.1) is 0 Å². The first-order valence-electron chi connectivity index (χ1n) is 19.9. The SMILES string of the molecule is c1ccc(-c2ccc3oc4ccc(N(c5ccccc5)c5cccc6c5oc5ccc7c(c56)-c5ccccc5C75c6ccccc6-c6ccccc65)cc4c3c2)cc1. The van der Waals surface area contributed by atoms with Crippen molar-refractivity contribution in [2.45, 2.75) is 5.41 Å². The highest BCUT2D eigenvalue weighted by Gasteiger charge is 2.52. The summed E-state index contributed by atoms with van der Waals surface area (Å²) in [5.41, 5.74) is 18.8. The molecule has 0 bridgehead atoms. The van der Waals surface area contributed by atoms with Gasteiger partial charge in [0.05, 0.1) is 11.1 Å². The summed E-state index contributed by atoms with van der Waals surface area (Å²) in [6.45, 7) is 0. The fourth-order valence-electron chi connectivity index (χ4n) is 10.4. The van der Waals surface area contributed by atoms with E-state index < -0.39 is 5.41 Å². The molecule has 0 amide bonds. The Morgan fingerprint density at radius 2 is 0.966 bits per heavy atom. The lowest BCUT2D eigenvalue weighted by Gasteiger charge is -2.30. The lowest BCUT2D eigenvalue weighted by molar-refractivity contribution is 0.668. The normalized spacial score (nSPS) is 13.3. The van der Waals surface area contributed by atoms with Crippen LogP contribution in [0.25, 0.3) is 77.3 Å². The van der Waals surface area contributed by atoms with Gasteiger partial charge in [-0.3, -0.25) is 0 Å². The monoisotopic (exact) mass is 739 g/mol. The second-order valence-corrected chi connectivity index (χ2v) is 15.5. The van der Waals surface area contributed by atoms with E-state index in [0.29, 0.717) is 0 Å². The molecular weight excluding hydrogens is 707 g/mol. The fourth-order valence-corrected chi connectivity index (χ4v) is 10.4. The number of benzene rings is 9. The topological polar surface area (TPSA) is 29.5 Å². The largest absolute Gasteiger partial charge is 0.456 e. The van der Waals surface area contributed by atoms with Crippen LogP contribution in [0.4, 0.5) is 17.1 Å². The number of hydrogen-bond donors (Lipinski definition) is 0. The van der Waals surface area contributed by atoms with E-state index in [1.807, 2.05) is 0 Å². The molecule has 2 heterocycles. The van der Waals surface area contributed by atoms with Crippen molar-refractivity contribution >= 4 is 60.9 Å². The van der Waals surface area contributed by atoms with E-state index >= 15 is 0 Å². The maximum atomic E-state index is 7.09. The van der Waals surface area contributed by atoms with Gasteiger partial charge in [0.1, 0.15) is 16.7 Å². The molecule has 0 fully saturated rings. The van der Waals surface area contributed by atoms with Gasteiger partial charge in [-0.25, -0.2) is 0 Å². The predicted molar refractivity (Wildman–Crippen MR) is 237 cm³/mol. The molecule has 270 valence electrons. The Labute approximate surface area is 334 Å². The van der Waals surface area contributed by atoms with Crippen molar-refractivity contribution in [1.82, 2.24) is 0 Å². The highest BCUT2D eigenvalue weighted by molar-refractivity contribution is 6.19. The zero-order valence-electron chi connectivity index (χ0n) is 31.3. The summed E-state index contributed by atoms with van der Waals surface area (Å²) >= 11 is 0. The maximum absolute atomic E-state index is 7.09. The number of para-hydroxylation sites is 2. The minimum absolute atomic E-state index is 0.423. The summed E-state index contributed by atoms with van der Waals surface area (Å²) in [6.07, 6.45) is 0. The van der Waals surface area contributed by atoms with Crippen molar-refractivity contribution in [2.24, 2.45) is 0 Å². The van der Waals surface area contributed by atoms with E-state index in [4.69, 9.17) is 8.83 Å². The third kappa shape index (κ3) is 4.12. The van der Waals surface area contributed by atoms with E-state index in [2.05, 4.69) is 205 Å². The van der Waals surface area contributed by atoms with Crippen molar-refractivity contribution in [3.05, 3.63) is 222 Å². The summed E-state index contributed by atoms with van der Waals surface area (Å²) in [7, 11) is 0. The van der Waals surface area contributed by atoms with Crippen LogP contribution in [-0.4, -0.2) is 0 Å². The van der Waals surface area contributed by atoms with Gasteiger partial charge in [-0.1, -0.05) is 146 Å². The van der Waals surface area contributed by atoms with E-state index in [9.17, 15) is 0 Å². The van der Waals surface area contributed by atoms with Gasteiger partial charge in [0.2, 0.25) is 0 Å². The van der Waals surface area contributed by atoms with Gasteiger partial charge >= 0.3 is 0 Å². The van der Waals surface area contributed by atoms with Crippen LogP contribution >= 0.6 is 0 Å². The second kappa shape index (κ2) is 11.7. The fraction of sp³-hybridized carbons (Fsp3) is 0.0182. The number of anilines is 3. The van der Waals surface area contributed by atoms with E-state index in [1.165, 1.54) is 50.1 Å². The maximum Gasteiger partial charge on any atom is 0.159 e. The molecule has 0 saturated carbocycles. The molecule has 2 aromatic heterocycles. The lowest BCUT2D eigenvalue weighted by atomic mass is 9.70. The van der Waals surface area contributed by atoms with Gasteiger partial charge in [0.25, 0.3) is 0 Å². The molecule has 58 heavy (non-hydrogen) atoms. The minimum atomic E-state index is -0.423. The van der Waals surface area contributed by atoms with Crippen molar-refractivity contribution in [1.29, 1.82) is 0 Å². The molecule has 2 aliphatic rings. The Morgan fingerprint density at radius 1 is 0.362 bits per heavy atom. The highest BCUT2D eigenvalue weighted by atomic mass is 16.3. The van der Waals surface area contributed by atoms with Gasteiger partial charge in [-0.05, 0) is 110 Å². The summed E-state index contributed by atoms with van der Waals surface area (Å²) in [4.78, 5) is 2.32. The van der Waals surface area contributed by atoms with E-state index in [-0.39, 0.29) is 0 Å². The van der Waals surface area contributed by atoms with Crippen molar-refractivity contribution in [3.63, 3.8) is 0 Å². The molecule has 9 aromatic carbocycles.